The zero-order valence-electron chi connectivity index (χ0n) is 13.4. The number of benzene rings is 1. The van der Waals surface area contributed by atoms with E-state index in [0.29, 0.717) is 6.61 Å². The molecule has 5 heteroatoms. The molecule has 0 radical (unpaired) electrons. The van der Waals surface area contributed by atoms with Crippen molar-refractivity contribution in [2.75, 3.05) is 25.1 Å². The second kappa shape index (κ2) is 8.88. The summed E-state index contributed by atoms with van der Waals surface area (Å²) >= 11 is 0. The van der Waals surface area contributed by atoms with E-state index in [1.165, 1.54) is 0 Å². The van der Waals surface area contributed by atoms with Gasteiger partial charge in [0.25, 0.3) is 5.91 Å². The van der Waals surface area contributed by atoms with Crippen LogP contribution in [0, 0.1) is 0 Å². The fourth-order valence-corrected chi connectivity index (χ4v) is 2.38. The van der Waals surface area contributed by atoms with Crippen molar-refractivity contribution >= 4 is 11.6 Å². The van der Waals surface area contributed by atoms with Crippen LogP contribution in [-0.4, -0.2) is 37.9 Å². The molecule has 0 spiro atoms. The predicted octanol–water partition coefficient (Wildman–Crippen LogP) is 2.32. The molecule has 22 heavy (non-hydrogen) atoms. The van der Waals surface area contributed by atoms with Crippen molar-refractivity contribution in [3.63, 3.8) is 0 Å². The van der Waals surface area contributed by atoms with Crippen molar-refractivity contribution in [1.29, 1.82) is 0 Å². The van der Waals surface area contributed by atoms with E-state index < -0.39 is 6.10 Å². The fourth-order valence-electron chi connectivity index (χ4n) is 2.38. The number of carbonyl (C=O) groups is 1. The van der Waals surface area contributed by atoms with Crippen LogP contribution in [0.4, 0.5) is 5.69 Å². The third-order valence-electron chi connectivity index (χ3n) is 3.70. The number of nitrogens with one attached hydrogen (secondary N) is 2. The third-order valence-corrected chi connectivity index (χ3v) is 3.70. The van der Waals surface area contributed by atoms with Crippen molar-refractivity contribution in [3.05, 3.63) is 29.8 Å². The summed E-state index contributed by atoms with van der Waals surface area (Å²) in [6, 6.07) is 7.85. The fraction of sp³-hybridized carbons (Fsp3) is 0.588. The normalized spacial score (nSPS) is 19.1. The average molecular weight is 306 g/mol. The van der Waals surface area contributed by atoms with E-state index in [2.05, 4.69) is 17.6 Å². The monoisotopic (exact) mass is 306 g/mol. The lowest BCUT2D eigenvalue weighted by Crippen LogP contribution is -2.30. The Balaban J connectivity index is 1.79. The van der Waals surface area contributed by atoms with Gasteiger partial charge in [-0.15, -0.1) is 0 Å². The largest absolute Gasteiger partial charge is 0.376 e. The maximum Gasteiger partial charge on any atom is 0.253 e. The van der Waals surface area contributed by atoms with E-state index in [1.54, 1.807) is 6.92 Å². The van der Waals surface area contributed by atoms with Crippen LogP contribution >= 0.6 is 0 Å². The minimum absolute atomic E-state index is 0.126. The number of anilines is 1. The molecule has 1 aliphatic rings. The molecule has 0 aromatic heterocycles. The zero-order chi connectivity index (χ0) is 15.8. The van der Waals surface area contributed by atoms with E-state index in [4.69, 9.17) is 9.47 Å². The highest BCUT2D eigenvalue weighted by Crippen LogP contribution is 2.14. The quantitative estimate of drug-likeness (QED) is 0.774. The number of hydrogen-bond acceptors (Lipinski definition) is 4. The summed E-state index contributed by atoms with van der Waals surface area (Å²) < 4.78 is 11.1. The van der Waals surface area contributed by atoms with Crippen molar-refractivity contribution < 1.29 is 14.3 Å². The van der Waals surface area contributed by atoms with Crippen LogP contribution in [0.5, 0.6) is 0 Å². The molecule has 2 rings (SSSR count). The average Bonchev–Trinajstić information content (AvgIpc) is 3.04. The molecule has 1 aromatic carbocycles. The van der Waals surface area contributed by atoms with Crippen LogP contribution in [0.15, 0.2) is 24.3 Å². The number of carbonyl (C=O) groups excluding carboxylic acids is 1. The first-order valence-electron chi connectivity index (χ1n) is 8.02. The van der Waals surface area contributed by atoms with E-state index in [0.717, 1.165) is 43.8 Å². The van der Waals surface area contributed by atoms with Gasteiger partial charge in [0.05, 0.1) is 12.7 Å². The molecule has 1 fully saturated rings. The van der Waals surface area contributed by atoms with Crippen LogP contribution < -0.4 is 10.6 Å². The van der Waals surface area contributed by atoms with Crippen LogP contribution in [0.25, 0.3) is 0 Å². The lowest BCUT2D eigenvalue weighted by molar-refractivity contribution is -0.128. The molecule has 1 aromatic rings. The highest BCUT2D eigenvalue weighted by atomic mass is 16.5. The molecule has 122 valence electrons. The molecule has 0 bridgehead atoms. The minimum atomic E-state index is -0.485. The summed E-state index contributed by atoms with van der Waals surface area (Å²) in [5, 5.41) is 6.17. The Labute approximate surface area is 132 Å². The van der Waals surface area contributed by atoms with Crippen LogP contribution in [0.1, 0.15) is 32.3 Å². The van der Waals surface area contributed by atoms with Crippen molar-refractivity contribution in [2.24, 2.45) is 0 Å². The lowest BCUT2D eigenvalue weighted by Gasteiger charge is -2.16. The van der Waals surface area contributed by atoms with Gasteiger partial charge in [-0.05, 0) is 44.0 Å². The maximum absolute atomic E-state index is 12.2. The summed E-state index contributed by atoms with van der Waals surface area (Å²) in [5.41, 5.74) is 1.94. The Morgan fingerprint density at radius 2 is 2.36 bits per heavy atom. The molecule has 2 atom stereocenters. The topological polar surface area (TPSA) is 59.6 Å². The predicted molar refractivity (Wildman–Crippen MR) is 86.8 cm³/mol. The molecular formula is C17H26N2O3. The smallest absolute Gasteiger partial charge is 0.253 e. The molecule has 0 aliphatic carbocycles. The Kier molecular flexibility index (Phi) is 6.83. The number of rotatable bonds is 8. The van der Waals surface area contributed by atoms with Gasteiger partial charge in [-0.1, -0.05) is 19.1 Å². The molecule has 1 amide bonds. The standard InChI is InChI=1S/C17H26N2O3/c1-3-18-11-14-6-4-7-15(10-14)19-17(20)13(2)22-12-16-8-5-9-21-16/h4,6-7,10,13,16,18H,3,5,8-9,11-12H2,1-2H3,(H,19,20). The summed E-state index contributed by atoms with van der Waals surface area (Å²) in [6.07, 6.45) is 1.74. The van der Waals surface area contributed by atoms with Gasteiger partial charge in [-0.3, -0.25) is 4.79 Å². The molecule has 0 saturated carbocycles. The van der Waals surface area contributed by atoms with Gasteiger partial charge < -0.3 is 20.1 Å². The molecule has 1 saturated heterocycles. The summed E-state index contributed by atoms with van der Waals surface area (Å²) in [4.78, 5) is 12.2. The van der Waals surface area contributed by atoms with Gasteiger partial charge in [0.2, 0.25) is 0 Å². The minimum Gasteiger partial charge on any atom is -0.376 e. The first kappa shape index (κ1) is 16.9. The van der Waals surface area contributed by atoms with Gasteiger partial charge in [0.1, 0.15) is 6.10 Å². The van der Waals surface area contributed by atoms with Crippen molar-refractivity contribution in [2.45, 2.75) is 45.4 Å². The summed E-state index contributed by atoms with van der Waals surface area (Å²) in [6.45, 7) is 6.84. The van der Waals surface area contributed by atoms with Gasteiger partial charge in [0, 0.05) is 18.8 Å². The van der Waals surface area contributed by atoms with E-state index >= 15 is 0 Å². The van der Waals surface area contributed by atoms with Crippen LogP contribution in [-0.2, 0) is 20.8 Å². The third kappa shape index (κ3) is 5.40. The van der Waals surface area contributed by atoms with Gasteiger partial charge in [0.15, 0.2) is 0 Å². The second-order valence-electron chi connectivity index (χ2n) is 5.58. The molecule has 5 nitrogen and oxygen atoms in total. The first-order valence-corrected chi connectivity index (χ1v) is 8.02. The highest BCUT2D eigenvalue weighted by molar-refractivity contribution is 5.93. The van der Waals surface area contributed by atoms with E-state index in [1.807, 2.05) is 24.3 Å². The van der Waals surface area contributed by atoms with Gasteiger partial charge >= 0.3 is 0 Å². The Morgan fingerprint density at radius 3 is 3.09 bits per heavy atom. The highest BCUT2D eigenvalue weighted by Gasteiger charge is 2.19. The zero-order valence-corrected chi connectivity index (χ0v) is 13.4. The van der Waals surface area contributed by atoms with E-state index in [9.17, 15) is 4.79 Å². The SMILES string of the molecule is CCNCc1cccc(NC(=O)C(C)OCC2CCCO2)c1. The number of amides is 1. The number of ether oxygens (including phenoxy) is 2. The Morgan fingerprint density at radius 1 is 1.50 bits per heavy atom. The molecule has 1 aliphatic heterocycles. The Bertz CT molecular complexity index is 473. The first-order chi connectivity index (χ1) is 10.7. The van der Waals surface area contributed by atoms with Crippen LogP contribution in [0.2, 0.25) is 0 Å². The van der Waals surface area contributed by atoms with Gasteiger partial charge in [-0.25, -0.2) is 0 Å². The summed E-state index contributed by atoms with van der Waals surface area (Å²) in [7, 11) is 0. The summed E-state index contributed by atoms with van der Waals surface area (Å²) in [5.74, 6) is -0.126. The Hall–Kier alpha value is -1.43. The number of hydrogen-bond donors (Lipinski definition) is 2. The second-order valence-corrected chi connectivity index (χ2v) is 5.58. The molecule has 2 unspecified atom stereocenters. The maximum atomic E-state index is 12.2. The van der Waals surface area contributed by atoms with Gasteiger partial charge in [-0.2, -0.15) is 0 Å². The molecule has 1 heterocycles. The molecular weight excluding hydrogens is 280 g/mol. The van der Waals surface area contributed by atoms with Crippen molar-refractivity contribution in [3.8, 4) is 0 Å². The van der Waals surface area contributed by atoms with Crippen LogP contribution in [0.3, 0.4) is 0 Å². The lowest BCUT2D eigenvalue weighted by atomic mass is 10.2. The van der Waals surface area contributed by atoms with E-state index in [-0.39, 0.29) is 12.0 Å². The van der Waals surface area contributed by atoms with Crippen molar-refractivity contribution in [1.82, 2.24) is 5.32 Å². The molecule has 2 N–H and O–H groups in total.